The van der Waals surface area contributed by atoms with E-state index < -0.39 is 0 Å². The Kier molecular flexibility index (Phi) is 7.23. The molecule has 1 saturated heterocycles. The van der Waals surface area contributed by atoms with Gasteiger partial charge in [-0.3, -0.25) is 4.79 Å². The number of carbonyl (C=O) groups excluding carboxylic acids is 1. The van der Waals surface area contributed by atoms with Crippen molar-refractivity contribution in [3.05, 3.63) is 28.8 Å². The van der Waals surface area contributed by atoms with Crippen LogP contribution < -0.4 is 5.32 Å². The van der Waals surface area contributed by atoms with Crippen LogP contribution in [0.15, 0.2) is 12.1 Å². The molecule has 1 aliphatic heterocycles. The molecule has 1 unspecified atom stereocenters. The van der Waals surface area contributed by atoms with Crippen molar-refractivity contribution in [2.24, 2.45) is 0 Å². The van der Waals surface area contributed by atoms with Gasteiger partial charge in [0.2, 0.25) is 0 Å². The number of rotatable bonds is 6. The van der Waals surface area contributed by atoms with E-state index in [1.165, 1.54) is 25.7 Å². The molecule has 0 aromatic heterocycles. The van der Waals surface area contributed by atoms with Crippen molar-refractivity contribution in [3.63, 3.8) is 0 Å². The summed E-state index contributed by atoms with van der Waals surface area (Å²) >= 11 is 0. The fraction of sp³-hybridized carbons (Fsp3) is 0.636. The molecule has 1 aromatic carbocycles. The maximum atomic E-state index is 13.3. The van der Waals surface area contributed by atoms with Gasteiger partial charge in [-0.25, -0.2) is 0 Å². The predicted molar refractivity (Wildman–Crippen MR) is 107 cm³/mol. The molecule has 142 valence electrons. The zero-order valence-corrected chi connectivity index (χ0v) is 16.9. The first-order valence-corrected chi connectivity index (χ1v) is 10.2. The Hall–Kier alpha value is -1.86. The molecule has 1 fully saturated rings. The van der Waals surface area contributed by atoms with Gasteiger partial charge in [0.05, 0.1) is 31.3 Å². The standard InChI is InChI=1S/C22H33N3O/c1-5-11-20(25(6-2)12-9-7-8-10-13-25)22(26)24-21-17(3)14-19(16-23)15-18(21)4/h14-15,20H,5-13H2,1-4H3/p+1. The second-order valence-corrected chi connectivity index (χ2v) is 7.79. The summed E-state index contributed by atoms with van der Waals surface area (Å²) in [4.78, 5) is 13.3. The largest absolute Gasteiger partial charge is 0.320 e. The molecular weight excluding hydrogens is 322 g/mol. The zero-order chi connectivity index (χ0) is 19.2. The molecule has 0 radical (unpaired) electrons. The van der Waals surface area contributed by atoms with Crippen molar-refractivity contribution in [2.45, 2.75) is 72.3 Å². The molecule has 1 N–H and O–H groups in total. The lowest BCUT2D eigenvalue weighted by Crippen LogP contribution is -2.60. The number of hydrogen-bond acceptors (Lipinski definition) is 2. The van der Waals surface area contributed by atoms with Crippen LogP contribution in [0.1, 0.15) is 69.1 Å². The third-order valence-electron chi connectivity index (χ3n) is 6.02. The van der Waals surface area contributed by atoms with Gasteiger partial charge in [0.25, 0.3) is 5.91 Å². The number of anilines is 1. The van der Waals surface area contributed by atoms with Crippen LogP contribution in [0.3, 0.4) is 0 Å². The van der Waals surface area contributed by atoms with Crippen LogP contribution in [-0.2, 0) is 4.79 Å². The number of likely N-dealkylation sites (N-methyl/N-ethyl adjacent to an activating group) is 1. The first-order valence-electron chi connectivity index (χ1n) is 10.2. The van der Waals surface area contributed by atoms with E-state index in [0.717, 1.165) is 53.8 Å². The van der Waals surface area contributed by atoms with Crippen LogP contribution in [-0.4, -0.2) is 36.1 Å². The van der Waals surface area contributed by atoms with E-state index in [4.69, 9.17) is 5.26 Å². The molecule has 1 atom stereocenters. The van der Waals surface area contributed by atoms with E-state index in [0.29, 0.717) is 5.56 Å². The zero-order valence-electron chi connectivity index (χ0n) is 16.9. The Morgan fingerprint density at radius 1 is 1.15 bits per heavy atom. The Balaban J connectivity index is 2.30. The number of benzene rings is 1. The molecule has 0 bridgehead atoms. The van der Waals surface area contributed by atoms with Gasteiger partial charge in [0.1, 0.15) is 0 Å². The Bertz CT molecular complexity index is 643. The van der Waals surface area contributed by atoms with Gasteiger partial charge in [-0.2, -0.15) is 5.26 Å². The summed E-state index contributed by atoms with van der Waals surface area (Å²) in [6, 6.07) is 5.91. The molecule has 2 rings (SSSR count). The van der Waals surface area contributed by atoms with Crippen molar-refractivity contribution >= 4 is 11.6 Å². The fourth-order valence-electron chi connectivity index (χ4n) is 4.53. The average molecular weight is 357 g/mol. The summed E-state index contributed by atoms with van der Waals surface area (Å²) in [7, 11) is 0. The highest BCUT2D eigenvalue weighted by Gasteiger charge is 2.40. The van der Waals surface area contributed by atoms with Crippen LogP contribution in [0.5, 0.6) is 0 Å². The first-order chi connectivity index (χ1) is 12.5. The van der Waals surface area contributed by atoms with Crippen molar-refractivity contribution in [1.82, 2.24) is 0 Å². The summed E-state index contributed by atoms with van der Waals surface area (Å²) < 4.78 is 0.925. The third-order valence-corrected chi connectivity index (χ3v) is 6.02. The van der Waals surface area contributed by atoms with Crippen molar-refractivity contribution in [2.75, 3.05) is 25.0 Å². The maximum absolute atomic E-state index is 13.3. The van der Waals surface area contributed by atoms with Crippen LogP contribution in [0.25, 0.3) is 0 Å². The number of nitriles is 1. The van der Waals surface area contributed by atoms with Crippen molar-refractivity contribution < 1.29 is 9.28 Å². The third kappa shape index (κ3) is 4.45. The van der Waals surface area contributed by atoms with E-state index in [2.05, 4.69) is 25.2 Å². The smallest absolute Gasteiger partial charge is 0.282 e. The number of aryl methyl sites for hydroxylation is 2. The first kappa shape index (κ1) is 20.5. The molecule has 0 spiro atoms. The van der Waals surface area contributed by atoms with Crippen molar-refractivity contribution in [1.29, 1.82) is 5.26 Å². The highest BCUT2D eigenvalue weighted by molar-refractivity contribution is 5.95. The minimum absolute atomic E-state index is 0.0116. The molecule has 1 aromatic rings. The van der Waals surface area contributed by atoms with Crippen LogP contribution in [0, 0.1) is 25.2 Å². The lowest BCUT2D eigenvalue weighted by atomic mass is 10.0. The molecular formula is C22H34N3O+. The number of likely N-dealkylation sites (tertiary alicyclic amines) is 1. The van der Waals surface area contributed by atoms with E-state index in [1.807, 2.05) is 26.0 Å². The van der Waals surface area contributed by atoms with Gasteiger partial charge in [0.15, 0.2) is 6.04 Å². The quantitative estimate of drug-likeness (QED) is 0.752. The Morgan fingerprint density at radius 3 is 2.19 bits per heavy atom. The number of nitrogens with one attached hydrogen (secondary N) is 1. The minimum atomic E-state index is 0.0116. The van der Waals surface area contributed by atoms with E-state index in [-0.39, 0.29) is 11.9 Å². The molecule has 1 aliphatic rings. The number of nitrogens with zero attached hydrogens (tertiary/aromatic N) is 2. The summed E-state index contributed by atoms with van der Waals surface area (Å²) in [5, 5.41) is 12.4. The second-order valence-electron chi connectivity index (χ2n) is 7.79. The number of hydrogen-bond donors (Lipinski definition) is 1. The van der Waals surface area contributed by atoms with Gasteiger partial charge in [0, 0.05) is 12.1 Å². The van der Waals surface area contributed by atoms with Crippen LogP contribution >= 0.6 is 0 Å². The Morgan fingerprint density at radius 2 is 1.73 bits per heavy atom. The average Bonchev–Trinajstić information content (AvgIpc) is 2.88. The SMILES string of the molecule is CCCC(C(=O)Nc1c(C)cc(C#N)cc1C)[N+]1(CC)CCCCCC1. The lowest BCUT2D eigenvalue weighted by Gasteiger charge is -2.43. The summed E-state index contributed by atoms with van der Waals surface area (Å²) in [6.07, 6.45) is 6.95. The lowest BCUT2D eigenvalue weighted by molar-refractivity contribution is -0.940. The number of carbonyl (C=O) groups is 1. The molecule has 4 nitrogen and oxygen atoms in total. The van der Waals surface area contributed by atoms with Gasteiger partial charge in [-0.05, 0) is 76.1 Å². The molecule has 4 heteroatoms. The summed E-state index contributed by atoms with van der Waals surface area (Å²) in [5.41, 5.74) is 3.44. The van der Waals surface area contributed by atoms with Gasteiger partial charge in [-0.15, -0.1) is 0 Å². The monoisotopic (exact) mass is 356 g/mol. The number of amides is 1. The van der Waals surface area contributed by atoms with E-state index in [1.54, 1.807) is 0 Å². The molecule has 26 heavy (non-hydrogen) atoms. The topological polar surface area (TPSA) is 52.9 Å². The van der Waals surface area contributed by atoms with Crippen LogP contribution in [0.4, 0.5) is 5.69 Å². The molecule has 1 amide bonds. The fourth-order valence-corrected chi connectivity index (χ4v) is 4.53. The minimum Gasteiger partial charge on any atom is -0.320 e. The Labute approximate surface area is 158 Å². The van der Waals surface area contributed by atoms with Gasteiger partial charge in [-0.1, -0.05) is 6.92 Å². The highest BCUT2D eigenvalue weighted by Crippen LogP contribution is 2.28. The van der Waals surface area contributed by atoms with Gasteiger partial charge < -0.3 is 9.80 Å². The van der Waals surface area contributed by atoms with Crippen molar-refractivity contribution in [3.8, 4) is 6.07 Å². The van der Waals surface area contributed by atoms with E-state index in [9.17, 15) is 4.79 Å². The molecule has 0 aliphatic carbocycles. The van der Waals surface area contributed by atoms with E-state index >= 15 is 0 Å². The normalized spacial score (nSPS) is 17.8. The second kappa shape index (κ2) is 9.19. The summed E-state index contributed by atoms with van der Waals surface area (Å²) in [6.45, 7) is 11.6. The molecule has 0 saturated carbocycles. The predicted octanol–water partition coefficient (Wildman–Crippen LogP) is 4.69. The van der Waals surface area contributed by atoms with Crippen LogP contribution in [0.2, 0.25) is 0 Å². The number of quaternary nitrogens is 1. The molecule has 1 heterocycles. The maximum Gasteiger partial charge on any atom is 0.282 e. The highest BCUT2D eigenvalue weighted by atomic mass is 16.2. The van der Waals surface area contributed by atoms with Gasteiger partial charge >= 0.3 is 0 Å². The summed E-state index contributed by atoms with van der Waals surface area (Å²) in [5.74, 6) is 0.145.